The van der Waals surface area contributed by atoms with Crippen LogP contribution < -0.4 is 14.8 Å². The fourth-order valence-electron chi connectivity index (χ4n) is 3.38. The molecule has 0 fully saturated rings. The molecule has 2 aliphatic rings. The van der Waals surface area contributed by atoms with Gasteiger partial charge in [-0.1, -0.05) is 12.1 Å². The topological polar surface area (TPSA) is 78.3 Å². The molecule has 0 radical (unpaired) electrons. The van der Waals surface area contributed by atoms with Crippen LogP contribution in [0.5, 0.6) is 11.5 Å². The number of ether oxygens (including phenoxy) is 2. The lowest BCUT2D eigenvalue weighted by Gasteiger charge is -2.25. The second kappa shape index (κ2) is 6.14. The maximum absolute atomic E-state index is 12.5. The molecule has 1 N–H and O–H groups in total. The van der Waals surface area contributed by atoms with Gasteiger partial charge in [0, 0.05) is 13.0 Å². The zero-order valence-corrected chi connectivity index (χ0v) is 13.6. The number of aryl methyl sites for hydroxylation is 1. The molecule has 1 aromatic carbocycles. The van der Waals surface area contributed by atoms with Gasteiger partial charge >= 0.3 is 0 Å². The number of fused-ring (bicyclic) bond motifs is 2. The number of methoxy groups -OCH3 is 1. The van der Waals surface area contributed by atoms with Gasteiger partial charge in [-0.2, -0.15) is 0 Å². The Morgan fingerprint density at radius 2 is 2.38 bits per heavy atom. The summed E-state index contributed by atoms with van der Waals surface area (Å²) in [5.74, 6) is 3.09. The second-order valence-corrected chi connectivity index (χ2v) is 6.17. The molecule has 0 saturated carbocycles. The monoisotopic (exact) mass is 328 g/mol. The van der Waals surface area contributed by atoms with Crippen LogP contribution in [-0.2, 0) is 30.7 Å². The molecule has 4 rings (SSSR count). The van der Waals surface area contributed by atoms with Gasteiger partial charge in [0.2, 0.25) is 5.91 Å². The molecule has 3 heterocycles. The summed E-state index contributed by atoms with van der Waals surface area (Å²) in [6.45, 7) is 1.71. The van der Waals surface area contributed by atoms with Crippen LogP contribution in [0.15, 0.2) is 18.2 Å². The molecule has 0 aliphatic carbocycles. The number of rotatable bonds is 4. The Hall–Kier alpha value is -2.57. The summed E-state index contributed by atoms with van der Waals surface area (Å²) < 4.78 is 13.2. The van der Waals surface area contributed by atoms with Crippen LogP contribution in [0.3, 0.4) is 0 Å². The number of carbonyl (C=O) groups excluding carboxylic acids is 1. The zero-order valence-electron chi connectivity index (χ0n) is 13.6. The molecule has 1 aromatic heterocycles. The standard InChI is InChI=1S/C17H20N4O3/c1-23-13-5-2-4-11-8-12(10-24-16(11)13)17(22)18-9-15-20-19-14-6-3-7-21(14)15/h2,4-5,12H,3,6-10H2,1H3,(H,18,22)/t12-/m1/s1. The molecule has 7 heteroatoms. The normalized spacial score (nSPS) is 18.5. The van der Waals surface area contributed by atoms with Gasteiger partial charge in [-0.05, 0) is 24.5 Å². The predicted octanol–water partition coefficient (Wildman–Crippen LogP) is 1.10. The van der Waals surface area contributed by atoms with E-state index in [9.17, 15) is 4.79 Å². The van der Waals surface area contributed by atoms with E-state index in [2.05, 4.69) is 20.1 Å². The number of nitrogens with zero attached hydrogens (tertiary/aromatic N) is 3. The van der Waals surface area contributed by atoms with Gasteiger partial charge in [0.15, 0.2) is 17.3 Å². The van der Waals surface area contributed by atoms with Crippen LogP contribution in [0.2, 0.25) is 0 Å². The molecule has 24 heavy (non-hydrogen) atoms. The average molecular weight is 328 g/mol. The van der Waals surface area contributed by atoms with Crippen LogP contribution >= 0.6 is 0 Å². The minimum absolute atomic E-state index is 0.0150. The molecule has 7 nitrogen and oxygen atoms in total. The van der Waals surface area contributed by atoms with Gasteiger partial charge in [-0.15, -0.1) is 10.2 Å². The lowest BCUT2D eigenvalue weighted by Crippen LogP contribution is -2.37. The molecule has 1 amide bonds. The van der Waals surface area contributed by atoms with Gasteiger partial charge in [-0.25, -0.2) is 0 Å². The zero-order chi connectivity index (χ0) is 16.5. The van der Waals surface area contributed by atoms with Crippen LogP contribution in [0.1, 0.15) is 23.6 Å². The van der Waals surface area contributed by atoms with Crippen LogP contribution in [-0.4, -0.2) is 34.4 Å². The number of para-hydroxylation sites is 1. The Kier molecular flexibility index (Phi) is 3.84. The van der Waals surface area contributed by atoms with E-state index in [1.807, 2.05) is 18.2 Å². The van der Waals surface area contributed by atoms with Crippen molar-refractivity contribution in [2.75, 3.05) is 13.7 Å². The van der Waals surface area contributed by atoms with Crippen LogP contribution in [0, 0.1) is 5.92 Å². The molecular formula is C17H20N4O3. The summed E-state index contributed by atoms with van der Waals surface area (Å²) in [5.41, 5.74) is 1.00. The summed E-state index contributed by atoms with van der Waals surface area (Å²) in [6.07, 6.45) is 2.72. The van der Waals surface area contributed by atoms with Crippen molar-refractivity contribution in [3.8, 4) is 11.5 Å². The molecule has 126 valence electrons. The van der Waals surface area contributed by atoms with E-state index in [1.54, 1.807) is 7.11 Å². The first-order valence-corrected chi connectivity index (χ1v) is 8.23. The third-order valence-electron chi connectivity index (χ3n) is 4.65. The number of carbonyl (C=O) groups is 1. The fourth-order valence-corrected chi connectivity index (χ4v) is 3.38. The molecule has 0 unspecified atom stereocenters. The molecule has 0 spiro atoms. The summed E-state index contributed by atoms with van der Waals surface area (Å²) in [5, 5.41) is 11.3. The smallest absolute Gasteiger partial charge is 0.227 e. The van der Waals surface area contributed by atoms with E-state index in [1.165, 1.54) is 0 Å². The third-order valence-corrected chi connectivity index (χ3v) is 4.65. The highest BCUT2D eigenvalue weighted by atomic mass is 16.5. The molecule has 2 aromatic rings. The summed E-state index contributed by atoms with van der Waals surface area (Å²) in [4.78, 5) is 12.5. The molecule has 1 atom stereocenters. The van der Waals surface area contributed by atoms with Gasteiger partial charge in [-0.3, -0.25) is 4.79 Å². The Morgan fingerprint density at radius 3 is 3.25 bits per heavy atom. The molecule has 2 aliphatic heterocycles. The lowest BCUT2D eigenvalue weighted by atomic mass is 9.95. The minimum Gasteiger partial charge on any atom is -0.493 e. The first-order valence-electron chi connectivity index (χ1n) is 8.23. The lowest BCUT2D eigenvalue weighted by molar-refractivity contribution is -0.126. The van der Waals surface area contributed by atoms with Crippen molar-refractivity contribution in [1.29, 1.82) is 0 Å². The number of hydrogen-bond donors (Lipinski definition) is 1. The Morgan fingerprint density at radius 1 is 1.46 bits per heavy atom. The highest BCUT2D eigenvalue weighted by Crippen LogP contribution is 2.36. The largest absolute Gasteiger partial charge is 0.493 e. The maximum Gasteiger partial charge on any atom is 0.227 e. The minimum atomic E-state index is -0.203. The SMILES string of the molecule is COc1cccc2c1OC[C@H](C(=O)NCc1nnc3n1CCC3)C2. The predicted molar refractivity (Wildman–Crippen MR) is 85.9 cm³/mol. The van der Waals surface area contributed by atoms with Gasteiger partial charge in [0.05, 0.1) is 19.6 Å². The Bertz CT molecular complexity index is 771. The van der Waals surface area contributed by atoms with E-state index in [4.69, 9.17) is 9.47 Å². The second-order valence-electron chi connectivity index (χ2n) is 6.17. The number of aromatic nitrogens is 3. The van der Waals surface area contributed by atoms with Crippen molar-refractivity contribution in [3.63, 3.8) is 0 Å². The van der Waals surface area contributed by atoms with E-state index in [0.29, 0.717) is 25.3 Å². The number of hydrogen-bond acceptors (Lipinski definition) is 5. The third kappa shape index (κ3) is 2.60. The molecular weight excluding hydrogens is 308 g/mol. The average Bonchev–Trinajstić information content (AvgIpc) is 3.22. The number of benzene rings is 1. The van der Waals surface area contributed by atoms with Crippen LogP contribution in [0.4, 0.5) is 0 Å². The first kappa shape index (κ1) is 15.0. The summed E-state index contributed by atoms with van der Waals surface area (Å²) in [6, 6.07) is 5.76. The van der Waals surface area contributed by atoms with Crippen molar-refractivity contribution in [2.24, 2.45) is 5.92 Å². The summed E-state index contributed by atoms with van der Waals surface area (Å²) in [7, 11) is 1.62. The molecule has 0 bridgehead atoms. The van der Waals surface area contributed by atoms with Crippen molar-refractivity contribution in [1.82, 2.24) is 20.1 Å². The molecule has 0 saturated heterocycles. The van der Waals surface area contributed by atoms with Gasteiger partial charge in [0.1, 0.15) is 12.4 Å². The highest BCUT2D eigenvalue weighted by Gasteiger charge is 2.28. The van der Waals surface area contributed by atoms with Crippen molar-refractivity contribution >= 4 is 5.91 Å². The van der Waals surface area contributed by atoms with Gasteiger partial charge in [0.25, 0.3) is 0 Å². The fraction of sp³-hybridized carbons (Fsp3) is 0.471. The van der Waals surface area contributed by atoms with E-state index in [-0.39, 0.29) is 11.8 Å². The number of nitrogens with one attached hydrogen (secondary N) is 1. The van der Waals surface area contributed by atoms with Crippen molar-refractivity contribution < 1.29 is 14.3 Å². The van der Waals surface area contributed by atoms with Crippen LogP contribution in [0.25, 0.3) is 0 Å². The highest BCUT2D eigenvalue weighted by molar-refractivity contribution is 5.79. The van der Waals surface area contributed by atoms with E-state index >= 15 is 0 Å². The number of amides is 1. The summed E-state index contributed by atoms with van der Waals surface area (Å²) >= 11 is 0. The van der Waals surface area contributed by atoms with E-state index < -0.39 is 0 Å². The van der Waals surface area contributed by atoms with Crippen molar-refractivity contribution in [2.45, 2.75) is 32.4 Å². The van der Waals surface area contributed by atoms with Gasteiger partial charge < -0.3 is 19.4 Å². The Labute approximate surface area is 140 Å². The Balaban J connectivity index is 1.40. The van der Waals surface area contributed by atoms with E-state index in [0.717, 1.165) is 42.3 Å². The van der Waals surface area contributed by atoms with Crippen molar-refractivity contribution in [3.05, 3.63) is 35.4 Å². The first-order chi connectivity index (χ1) is 11.8. The quantitative estimate of drug-likeness (QED) is 0.909. The maximum atomic E-state index is 12.5.